The summed E-state index contributed by atoms with van der Waals surface area (Å²) >= 11 is 1.39. The van der Waals surface area contributed by atoms with Crippen LogP contribution in [0.1, 0.15) is 47.2 Å². The number of aryl methyl sites for hydroxylation is 2. The number of aromatic nitrogens is 3. The van der Waals surface area contributed by atoms with Crippen LogP contribution >= 0.6 is 11.3 Å². The van der Waals surface area contributed by atoms with Crippen molar-refractivity contribution in [1.82, 2.24) is 15.1 Å². The van der Waals surface area contributed by atoms with Crippen LogP contribution in [0.25, 0.3) is 10.2 Å². The molecule has 0 spiro atoms. The van der Waals surface area contributed by atoms with Crippen molar-refractivity contribution in [2.45, 2.75) is 46.1 Å². The van der Waals surface area contributed by atoms with Crippen molar-refractivity contribution in [3.05, 3.63) is 28.6 Å². The zero-order chi connectivity index (χ0) is 18.3. The maximum Gasteiger partial charge on any atom is 0.267 e. The van der Waals surface area contributed by atoms with Crippen LogP contribution in [-0.4, -0.2) is 33.6 Å². The second-order valence-corrected chi connectivity index (χ2v) is 7.75. The van der Waals surface area contributed by atoms with E-state index in [0.717, 1.165) is 41.0 Å². The first-order valence-corrected chi connectivity index (χ1v) is 9.61. The smallest absolute Gasteiger partial charge is 0.267 e. The molecule has 7 nitrogen and oxygen atoms in total. The number of thiophene rings is 1. The molecule has 0 aliphatic carbocycles. The third-order valence-corrected chi connectivity index (χ3v) is 6.06. The molecule has 4 rings (SSSR count). The van der Waals surface area contributed by atoms with Gasteiger partial charge in [0.2, 0.25) is 0 Å². The second-order valence-electron chi connectivity index (χ2n) is 6.75. The molecule has 136 valence electrons. The fourth-order valence-corrected chi connectivity index (χ4v) is 4.54. The standard InChI is InChI=1S/C18H21N5O2S/c1-10-6-4-5-7-23(10)16-14-12(3)15(26-18(14)20-9-19-16)17(24)21-13-8-11(2)25-22-13/h8-10H,4-7H2,1-3H3,(H,21,22,24). The van der Waals surface area contributed by atoms with Crippen LogP contribution in [0.5, 0.6) is 0 Å². The van der Waals surface area contributed by atoms with E-state index in [0.29, 0.717) is 22.5 Å². The molecule has 3 aromatic rings. The summed E-state index contributed by atoms with van der Waals surface area (Å²) in [6.45, 7) is 6.97. The minimum absolute atomic E-state index is 0.198. The first-order valence-electron chi connectivity index (χ1n) is 8.80. The number of carbonyl (C=O) groups is 1. The van der Waals surface area contributed by atoms with Crippen molar-refractivity contribution in [3.8, 4) is 0 Å². The van der Waals surface area contributed by atoms with Gasteiger partial charge in [-0.3, -0.25) is 4.79 Å². The zero-order valence-corrected chi connectivity index (χ0v) is 15.9. The van der Waals surface area contributed by atoms with Crippen LogP contribution in [0.4, 0.5) is 11.6 Å². The molecule has 1 unspecified atom stereocenters. The summed E-state index contributed by atoms with van der Waals surface area (Å²) in [5, 5.41) is 7.60. The molecule has 1 fully saturated rings. The molecule has 3 aromatic heterocycles. The maximum absolute atomic E-state index is 12.7. The summed E-state index contributed by atoms with van der Waals surface area (Å²) in [6.07, 6.45) is 5.17. The minimum Gasteiger partial charge on any atom is -0.360 e. The van der Waals surface area contributed by atoms with Gasteiger partial charge in [-0.2, -0.15) is 0 Å². The number of nitrogens with one attached hydrogen (secondary N) is 1. The topological polar surface area (TPSA) is 84.2 Å². The predicted octanol–water partition coefficient (Wildman–Crippen LogP) is 3.93. The van der Waals surface area contributed by atoms with Crippen molar-refractivity contribution in [2.24, 2.45) is 0 Å². The lowest BCUT2D eigenvalue weighted by Crippen LogP contribution is -2.38. The molecule has 1 aliphatic rings. The van der Waals surface area contributed by atoms with Gasteiger partial charge < -0.3 is 14.7 Å². The van der Waals surface area contributed by atoms with E-state index in [1.165, 1.54) is 17.8 Å². The van der Waals surface area contributed by atoms with Crippen molar-refractivity contribution in [1.29, 1.82) is 0 Å². The molecule has 1 N–H and O–H groups in total. The summed E-state index contributed by atoms with van der Waals surface area (Å²) in [5.41, 5.74) is 0.913. The molecule has 1 atom stereocenters. The third kappa shape index (κ3) is 2.94. The molecule has 4 heterocycles. The van der Waals surface area contributed by atoms with Gasteiger partial charge in [0, 0.05) is 18.7 Å². The fraction of sp³-hybridized carbons (Fsp3) is 0.444. The van der Waals surface area contributed by atoms with E-state index in [-0.39, 0.29) is 5.91 Å². The Morgan fingerprint density at radius 3 is 2.92 bits per heavy atom. The highest BCUT2D eigenvalue weighted by atomic mass is 32.1. The molecule has 1 amide bonds. The summed E-state index contributed by atoms with van der Waals surface area (Å²) < 4.78 is 5.01. The molecule has 0 radical (unpaired) electrons. The Labute approximate surface area is 155 Å². The monoisotopic (exact) mass is 371 g/mol. The lowest BCUT2D eigenvalue weighted by atomic mass is 10.0. The van der Waals surface area contributed by atoms with Gasteiger partial charge in [-0.15, -0.1) is 11.3 Å². The summed E-state index contributed by atoms with van der Waals surface area (Å²) in [5.74, 6) is 1.81. The zero-order valence-electron chi connectivity index (χ0n) is 15.1. The first-order chi connectivity index (χ1) is 12.5. The number of hydrogen-bond donors (Lipinski definition) is 1. The van der Waals surface area contributed by atoms with E-state index >= 15 is 0 Å². The Balaban J connectivity index is 1.72. The number of fused-ring (bicyclic) bond motifs is 1. The van der Waals surface area contributed by atoms with Crippen molar-refractivity contribution < 1.29 is 9.32 Å². The van der Waals surface area contributed by atoms with Gasteiger partial charge in [-0.25, -0.2) is 9.97 Å². The van der Waals surface area contributed by atoms with Gasteiger partial charge in [0.25, 0.3) is 5.91 Å². The van der Waals surface area contributed by atoms with Gasteiger partial charge in [0.1, 0.15) is 22.7 Å². The lowest BCUT2D eigenvalue weighted by molar-refractivity contribution is 0.102. The Morgan fingerprint density at radius 1 is 1.35 bits per heavy atom. The second kappa shape index (κ2) is 6.68. The van der Waals surface area contributed by atoms with Gasteiger partial charge in [0.15, 0.2) is 5.82 Å². The SMILES string of the molecule is Cc1cc(NC(=O)c2sc3ncnc(N4CCCCC4C)c3c2C)no1. The third-order valence-electron chi connectivity index (χ3n) is 4.86. The molecular weight excluding hydrogens is 350 g/mol. The van der Waals surface area contributed by atoms with E-state index in [1.54, 1.807) is 19.3 Å². The van der Waals surface area contributed by atoms with Crippen LogP contribution < -0.4 is 10.2 Å². The normalized spacial score (nSPS) is 17.7. The fourth-order valence-electron chi connectivity index (χ4n) is 3.50. The minimum atomic E-state index is -0.198. The largest absolute Gasteiger partial charge is 0.360 e. The summed E-state index contributed by atoms with van der Waals surface area (Å²) in [7, 11) is 0. The van der Waals surface area contributed by atoms with E-state index in [2.05, 4.69) is 32.3 Å². The van der Waals surface area contributed by atoms with Crippen LogP contribution in [0.2, 0.25) is 0 Å². The van der Waals surface area contributed by atoms with Crippen LogP contribution in [0.3, 0.4) is 0 Å². The quantitative estimate of drug-likeness (QED) is 0.751. The predicted molar refractivity (Wildman–Crippen MR) is 102 cm³/mol. The van der Waals surface area contributed by atoms with E-state index in [4.69, 9.17) is 4.52 Å². The molecule has 1 saturated heterocycles. The number of anilines is 2. The number of hydrogen-bond acceptors (Lipinski definition) is 7. The molecular formula is C18H21N5O2S. The van der Waals surface area contributed by atoms with Gasteiger partial charge in [-0.1, -0.05) is 5.16 Å². The Hall–Kier alpha value is -2.48. The molecule has 0 aromatic carbocycles. The molecule has 26 heavy (non-hydrogen) atoms. The number of rotatable bonds is 3. The Kier molecular flexibility index (Phi) is 4.36. The van der Waals surface area contributed by atoms with Crippen molar-refractivity contribution in [2.75, 3.05) is 16.8 Å². The average molecular weight is 371 g/mol. The van der Waals surface area contributed by atoms with Crippen molar-refractivity contribution in [3.63, 3.8) is 0 Å². The summed E-state index contributed by atoms with van der Waals surface area (Å²) in [6, 6.07) is 2.14. The van der Waals surface area contributed by atoms with E-state index in [9.17, 15) is 4.79 Å². The van der Waals surface area contributed by atoms with Gasteiger partial charge in [0.05, 0.1) is 10.3 Å². The molecule has 1 aliphatic heterocycles. The van der Waals surface area contributed by atoms with Gasteiger partial charge in [-0.05, 0) is 45.6 Å². The Morgan fingerprint density at radius 2 is 2.19 bits per heavy atom. The first kappa shape index (κ1) is 17.0. The van der Waals surface area contributed by atoms with E-state index in [1.807, 2.05) is 6.92 Å². The molecule has 0 saturated carbocycles. The summed E-state index contributed by atoms with van der Waals surface area (Å²) in [4.78, 5) is 25.5. The van der Waals surface area contributed by atoms with Crippen LogP contribution in [0.15, 0.2) is 16.9 Å². The van der Waals surface area contributed by atoms with Gasteiger partial charge >= 0.3 is 0 Å². The maximum atomic E-state index is 12.7. The van der Waals surface area contributed by atoms with E-state index < -0.39 is 0 Å². The number of piperidine rings is 1. The highest BCUT2D eigenvalue weighted by Crippen LogP contribution is 2.37. The van der Waals surface area contributed by atoms with Crippen molar-refractivity contribution >= 4 is 39.1 Å². The number of nitrogens with zero attached hydrogens (tertiary/aromatic N) is 4. The number of amides is 1. The number of carbonyl (C=O) groups excluding carboxylic acids is 1. The molecule has 0 bridgehead atoms. The average Bonchev–Trinajstić information content (AvgIpc) is 3.19. The molecule has 8 heteroatoms. The highest BCUT2D eigenvalue weighted by molar-refractivity contribution is 7.20. The Bertz CT molecular complexity index is 964. The van der Waals surface area contributed by atoms with Crippen LogP contribution in [-0.2, 0) is 0 Å². The highest BCUT2D eigenvalue weighted by Gasteiger charge is 2.26. The lowest BCUT2D eigenvalue weighted by Gasteiger charge is -2.34. The van der Waals surface area contributed by atoms with Crippen LogP contribution in [0, 0.1) is 13.8 Å².